The lowest BCUT2D eigenvalue weighted by Gasteiger charge is -2.04. The molecular weight excluding hydrogens is 218 g/mol. The van der Waals surface area contributed by atoms with Crippen LogP contribution in [-0.2, 0) is 20.8 Å². The first-order valence-corrected chi connectivity index (χ1v) is 5.33. The molecule has 1 aromatic heterocycles. The van der Waals surface area contributed by atoms with Gasteiger partial charge in [-0.3, -0.25) is 0 Å². The Hall–Kier alpha value is -0.760. The molecule has 0 aliphatic rings. The van der Waals surface area contributed by atoms with Crippen molar-refractivity contribution in [2.75, 3.05) is 39.3 Å². The quantitative estimate of drug-likeness (QED) is 0.650. The highest BCUT2D eigenvalue weighted by Gasteiger charge is 2.03. The third kappa shape index (κ3) is 5.03. The first-order valence-electron chi connectivity index (χ1n) is 4.55. The van der Waals surface area contributed by atoms with Gasteiger partial charge in [-0.2, -0.15) is 0 Å². The number of rotatable bonds is 8. The Morgan fingerprint density at radius 2 is 1.93 bits per heavy atom. The van der Waals surface area contributed by atoms with E-state index in [1.54, 1.807) is 7.11 Å². The number of nitrogens with two attached hydrogens (primary N) is 1. The van der Waals surface area contributed by atoms with Gasteiger partial charge in [0.25, 0.3) is 0 Å². The second-order valence-corrected chi connectivity index (χ2v) is 3.53. The molecule has 2 N–H and O–H groups in total. The summed E-state index contributed by atoms with van der Waals surface area (Å²) >= 11 is 1.17. The van der Waals surface area contributed by atoms with Crippen LogP contribution in [0, 0.1) is 0 Å². The molecule has 7 heteroatoms. The lowest BCUT2D eigenvalue weighted by Crippen LogP contribution is -2.08. The third-order valence-corrected chi connectivity index (χ3v) is 2.22. The Balaban J connectivity index is 1.96. The number of ether oxygens (including phenoxy) is 3. The Morgan fingerprint density at radius 3 is 2.60 bits per heavy atom. The minimum absolute atomic E-state index is 0.385. The van der Waals surface area contributed by atoms with Crippen molar-refractivity contribution in [1.82, 2.24) is 9.59 Å². The molecule has 1 aromatic rings. The molecule has 0 aromatic carbocycles. The Kier molecular flexibility index (Phi) is 6.17. The highest BCUT2D eigenvalue weighted by Crippen LogP contribution is 2.12. The van der Waals surface area contributed by atoms with Gasteiger partial charge in [0.1, 0.15) is 10.7 Å². The number of anilines is 1. The molecule has 6 nitrogen and oxygen atoms in total. The van der Waals surface area contributed by atoms with Gasteiger partial charge < -0.3 is 19.9 Å². The van der Waals surface area contributed by atoms with E-state index in [1.165, 1.54) is 11.5 Å². The van der Waals surface area contributed by atoms with Crippen molar-refractivity contribution < 1.29 is 14.2 Å². The average Bonchev–Trinajstić information content (AvgIpc) is 2.63. The molecule has 1 heterocycles. The largest absolute Gasteiger partial charge is 0.388 e. The zero-order chi connectivity index (χ0) is 10.9. The number of aromatic nitrogens is 2. The van der Waals surface area contributed by atoms with Gasteiger partial charge in [-0.05, 0) is 0 Å². The Morgan fingerprint density at radius 1 is 1.20 bits per heavy atom. The highest BCUT2D eigenvalue weighted by atomic mass is 32.1. The molecule has 0 bridgehead atoms. The Bertz CT molecular complexity index is 269. The fraction of sp³-hybridized carbons (Fsp3) is 0.750. The van der Waals surface area contributed by atoms with Crippen LogP contribution in [0.15, 0.2) is 0 Å². The molecule has 0 atom stereocenters. The molecule has 86 valence electrons. The molecule has 0 aliphatic heterocycles. The second kappa shape index (κ2) is 7.52. The molecule has 0 spiro atoms. The van der Waals surface area contributed by atoms with Gasteiger partial charge in [-0.25, -0.2) is 0 Å². The summed E-state index contributed by atoms with van der Waals surface area (Å²) in [4.78, 5) is 0. The van der Waals surface area contributed by atoms with E-state index in [2.05, 4.69) is 9.59 Å². The van der Waals surface area contributed by atoms with Crippen LogP contribution in [0.5, 0.6) is 0 Å². The van der Waals surface area contributed by atoms with Crippen LogP contribution >= 0.6 is 11.5 Å². The molecule has 0 aliphatic carbocycles. The fourth-order valence-corrected chi connectivity index (χ4v) is 1.28. The fourth-order valence-electron chi connectivity index (χ4n) is 0.847. The number of methoxy groups -OCH3 is 1. The summed E-state index contributed by atoms with van der Waals surface area (Å²) in [6, 6.07) is 0. The molecule has 15 heavy (non-hydrogen) atoms. The number of nitrogens with zero attached hydrogens (tertiary/aromatic N) is 2. The van der Waals surface area contributed by atoms with Crippen LogP contribution in [0.2, 0.25) is 0 Å². The topological polar surface area (TPSA) is 79.5 Å². The van der Waals surface area contributed by atoms with E-state index in [4.69, 9.17) is 19.9 Å². The van der Waals surface area contributed by atoms with Crippen LogP contribution in [-0.4, -0.2) is 43.1 Å². The number of nitrogen functional groups attached to an aromatic ring is 1. The lowest BCUT2D eigenvalue weighted by molar-refractivity contribution is 0.0193. The molecule has 0 radical (unpaired) electrons. The smallest absolute Gasteiger partial charge is 0.133 e. The summed E-state index contributed by atoms with van der Waals surface area (Å²) in [7, 11) is 1.64. The standard InChI is InChI=1S/C8H15N3O3S/c1-12-2-3-13-4-5-14-6-7-8(9)15-11-10-7/h2-6,9H2,1H3. The van der Waals surface area contributed by atoms with E-state index in [9.17, 15) is 0 Å². The molecule has 0 fully saturated rings. The van der Waals surface area contributed by atoms with E-state index < -0.39 is 0 Å². The Labute approximate surface area is 92.5 Å². The first-order chi connectivity index (χ1) is 7.34. The van der Waals surface area contributed by atoms with Gasteiger partial charge in [0, 0.05) is 18.6 Å². The molecule has 0 unspecified atom stereocenters. The summed E-state index contributed by atoms with van der Waals surface area (Å²) in [5.41, 5.74) is 6.28. The SMILES string of the molecule is COCCOCCOCc1nnsc1N. The van der Waals surface area contributed by atoms with E-state index >= 15 is 0 Å². The molecule has 0 amide bonds. The van der Waals surface area contributed by atoms with E-state index in [0.29, 0.717) is 43.7 Å². The maximum absolute atomic E-state index is 5.59. The van der Waals surface area contributed by atoms with Gasteiger partial charge in [0.05, 0.1) is 33.0 Å². The summed E-state index contributed by atoms with van der Waals surface area (Å²) < 4.78 is 19.0. The van der Waals surface area contributed by atoms with Crippen LogP contribution in [0.3, 0.4) is 0 Å². The van der Waals surface area contributed by atoms with E-state index in [1.807, 2.05) is 0 Å². The van der Waals surface area contributed by atoms with Crippen LogP contribution in [0.1, 0.15) is 5.69 Å². The summed E-state index contributed by atoms with van der Waals surface area (Å²) in [5.74, 6) is 0. The van der Waals surface area contributed by atoms with E-state index in [-0.39, 0.29) is 0 Å². The van der Waals surface area contributed by atoms with Crippen LogP contribution in [0.25, 0.3) is 0 Å². The van der Waals surface area contributed by atoms with E-state index in [0.717, 1.165) is 0 Å². The van der Waals surface area contributed by atoms with Gasteiger partial charge in [0.15, 0.2) is 0 Å². The summed E-state index contributed by atoms with van der Waals surface area (Å²) in [5, 5.41) is 4.43. The average molecular weight is 233 g/mol. The summed E-state index contributed by atoms with van der Waals surface area (Å²) in [6.45, 7) is 2.63. The van der Waals surface area contributed by atoms with Gasteiger partial charge in [-0.1, -0.05) is 4.49 Å². The minimum atomic E-state index is 0.385. The molecule has 0 saturated heterocycles. The maximum Gasteiger partial charge on any atom is 0.133 e. The van der Waals surface area contributed by atoms with Crippen molar-refractivity contribution in [2.45, 2.75) is 6.61 Å². The predicted octanol–water partition coefficient (Wildman–Crippen LogP) is 0.300. The predicted molar refractivity (Wildman–Crippen MR) is 56.7 cm³/mol. The molecule has 1 rings (SSSR count). The van der Waals surface area contributed by atoms with Crippen molar-refractivity contribution >= 4 is 16.5 Å². The van der Waals surface area contributed by atoms with Crippen molar-refractivity contribution in [3.63, 3.8) is 0 Å². The second-order valence-electron chi connectivity index (χ2n) is 2.74. The van der Waals surface area contributed by atoms with Crippen molar-refractivity contribution in [1.29, 1.82) is 0 Å². The first kappa shape index (κ1) is 12.3. The van der Waals surface area contributed by atoms with Gasteiger partial charge >= 0.3 is 0 Å². The zero-order valence-corrected chi connectivity index (χ0v) is 9.46. The number of hydrogen-bond acceptors (Lipinski definition) is 7. The number of hydrogen-bond donors (Lipinski definition) is 1. The van der Waals surface area contributed by atoms with Gasteiger partial charge in [-0.15, -0.1) is 5.10 Å². The van der Waals surface area contributed by atoms with Crippen LogP contribution < -0.4 is 5.73 Å². The van der Waals surface area contributed by atoms with Crippen molar-refractivity contribution in [2.24, 2.45) is 0 Å². The normalized spacial score (nSPS) is 10.7. The third-order valence-electron chi connectivity index (χ3n) is 1.63. The molecular formula is C8H15N3O3S. The monoisotopic (exact) mass is 233 g/mol. The van der Waals surface area contributed by atoms with Crippen molar-refractivity contribution in [3.8, 4) is 0 Å². The van der Waals surface area contributed by atoms with Crippen LogP contribution in [0.4, 0.5) is 5.00 Å². The highest BCUT2D eigenvalue weighted by molar-refractivity contribution is 7.09. The zero-order valence-electron chi connectivity index (χ0n) is 8.64. The maximum atomic E-state index is 5.59. The lowest BCUT2D eigenvalue weighted by atomic mass is 10.5. The van der Waals surface area contributed by atoms with Crippen molar-refractivity contribution in [3.05, 3.63) is 5.69 Å². The molecule has 0 saturated carbocycles. The minimum Gasteiger partial charge on any atom is -0.388 e. The summed E-state index contributed by atoms with van der Waals surface area (Å²) in [6.07, 6.45) is 0. The van der Waals surface area contributed by atoms with Gasteiger partial charge in [0.2, 0.25) is 0 Å².